The smallest absolute Gasteiger partial charge is 0.335 e. The molecule has 10 rings (SSSR count). The van der Waals surface area contributed by atoms with Crippen LogP contribution in [0.4, 0.5) is 34.1 Å². The maximum atomic E-state index is 12.4. The summed E-state index contributed by atoms with van der Waals surface area (Å²) >= 11 is 1.71. The molecule has 0 amide bonds. The van der Waals surface area contributed by atoms with E-state index >= 15 is 0 Å². The molecule has 820 valence electrons. The number of anilines is 6. The van der Waals surface area contributed by atoms with Crippen LogP contribution in [-0.2, 0) is 50.1 Å². The molecular formula is C101H161N15O24S6. The molecule has 2 saturated heterocycles. The molecule has 0 bridgehead atoms. The molecule has 8 aromatic rings. The van der Waals surface area contributed by atoms with Gasteiger partial charge in [0.25, 0.3) is 0 Å². The highest BCUT2D eigenvalue weighted by Crippen LogP contribution is 2.43. The third kappa shape index (κ3) is 47.5. The molecule has 5 heterocycles. The van der Waals surface area contributed by atoms with Gasteiger partial charge in [0.15, 0.2) is 23.0 Å². The SMILES string of the molecule is C1CCNCC1.CCCCN(CCCC)c1cc(C(=O)O)cc(S(N)(=O)=O)c1N1CCNCC1.CCCCN(CCCC)c1cc(C(=O)O)cc(S(N)(=O)=O)c1OC.CCCCN(CCCC)c1cc(C(=O)O)cc(S(N)(=O)=O)c1OC.CCCCN(CCCC)c1cc(C(=O)O)cc(S(N)(=O)=O)c1OC.CCCCN(CCCC)c1cc(C(=O)O)cc(S(N)(=O)=O)c1OC.c1cc[nH]c1.c1ccncc1.c1ccsc1. The van der Waals surface area contributed by atoms with E-state index in [0.29, 0.717) is 99.6 Å². The van der Waals surface area contributed by atoms with E-state index in [1.165, 1.54) is 91.1 Å². The predicted molar refractivity (Wildman–Crippen MR) is 581 cm³/mol. The van der Waals surface area contributed by atoms with Crippen LogP contribution >= 0.6 is 11.3 Å². The second-order valence-electron chi connectivity index (χ2n) is 33.9. The van der Waals surface area contributed by atoms with Crippen molar-refractivity contribution in [3.63, 3.8) is 0 Å². The quantitative estimate of drug-likeness (QED) is 0.0168. The van der Waals surface area contributed by atoms with E-state index in [0.717, 1.165) is 179 Å². The van der Waals surface area contributed by atoms with Crippen LogP contribution in [0.5, 0.6) is 23.0 Å². The molecule has 2 fully saturated rings. The Balaban J connectivity index is 0.000000583. The zero-order chi connectivity index (χ0) is 110. The van der Waals surface area contributed by atoms with E-state index in [1.54, 1.807) is 29.8 Å². The fraction of sp³-hybridized carbons (Fsp3) is 0.525. The number of hydrogen-bond acceptors (Lipinski definition) is 29. The minimum Gasteiger partial charge on any atom is -0.493 e. The molecule has 5 aromatic carbocycles. The van der Waals surface area contributed by atoms with Gasteiger partial charge < -0.3 is 89.5 Å². The molecule has 18 N–H and O–H groups in total. The first kappa shape index (κ1) is 131. The number of unbranched alkanes of at least 4 members (excludes halogenated alkanes) is 10. The normalized spacial score (nSPS) is 12.2. The number of sulfonamides is 5. The summed E-state index contributed by atoms with van der Waals surface area (Å²) in [4.78, 5) is 74.5. The first-order chi connectivity index (χ1) is 69.3. The van der Waals surface area contributed by atoms with Gasteiger partial charge in [-0.15, -0.1) is 0 Å². The molecule has 45 heteroatoms. The van der Waals surface area contributed by atoms with Crippen LogP contribution in [0.25, 0.3) is 0 Å². The van der Waals surface area contributed by atoms with Crippen molar-refractivity contribution in [1.82, 2.24) is 20.6 Å². The second-order valence-corrected chi connectivity index (χ2v) is 42.4. The number of nitrogens with one attached hydrogen (secondary N) is 3. The van der Waals surface area contributed by atoms with Crippen molar-refractivity contribution in [3.05, 3.63) is 166 Å². The maximum Gasteiger partial charge on any atom is 0.335 e. The van der Waals surface area contributed by atoms with Crippen LogP contribution in [0.1, 0.15) is 269 Å². The van der Waals surface area contributed by atoms with Crippen molar-refractivity contribution < 1.29 is 111 Å². The summed E-state index contributed by atoms with van der Waals surface area (Å²) in [5.74, 6) is -5.65. The van der Waals surface area contributed by atoms with Gasteiger partial charge in [0.05, 0.1) is 90.4 Å². The molecule has 39 nitrogen and oxygen atoms in total. The molecule has 3 aromatic heterocycles. The summed E-state index contributed by atoms with van der Waals surface area (Å²) in [6, 6.07) is 26.4. The van der Waals surface area contributed by atoms with E-state index in [2.05, 4.69) is 94.7 Å². The van der Waals surface area contributed by atoms with Crippen molar-refractivity contribution in [2.75, 3.05) is 163 Å². The molecule has 0 saturated carbocycles. The average Bonchev–Trinajstić information content (AvgIpc) is 0.850. The Morgan fingerprint density at radius 1 is 0.322 bits per heavy atom. The number of carboxylic acids is 5. The Hall–Kier alpha value is -11.0. The predicted octanol–water partition coefficient (Wildman–Crippen LogP) is 16.2. The van der Waals surface area contributed by atoms with E-state index in [1.807, 2.05) is 90.1 Å². The number of aromatic carboxylic acids is 5. The lowest BCUT2D eigenvalue weighted by Crippen LogP contribution is -2.45. The summed E-state index contributed by atoms with van der Waals surface area (Å²) in [6.45, 7) is 32.8. The Morgan fingerprint density at radius 3 is 0.705 bits per heavy atom. The molecule has 0 radical (unpaired) electrons. The van der Waals surface area contributed by atoms with Crippen LogP contribution in [0, 0.1) is 0 Å². The number of methoxy groups -OCH3 is 4. The number of thiophene rings is 1. The van der Waals surface area contributed by atoms with Crippen molar-refractivity contribution in [3.8, 4) is 23.0 Å². The van der Waals surface area contributed by atoms with Gasteiger partial charge in [-0.1, -0.05) is 158 Å². The summed E-state index contributed by atoms with van der Waals surface area (Å²) in [7, 11) is -15.1. The first-order valence-corrected chi connectivity index (χ1v) is 58.2. The van der Waals surface area contributed by atoms with Crippen LogP contribution in [-0.4, -0.2) is 241 Å². The van der Waals surface area contributed by atoms with Gasteiger partial charge >= 0.3 is 29.8 Å². The standard InChI is InChI=1S/C19H32N4O4S.4C16H26N2O5S.C5H11N.C5H5N.C4H5N.C4H4S/c1-3-5-9-22(10-6-4-2)16-13-15(19(24)25)14-17(28(20,26)27)18(16)23-11-7-21-8-12-23;4*1-4-6-8-18(9-7-5-2)13-10-12(16(19)20)11-14(15(13)23-3)24(17,21)22;2*1-2-4-6-5-3-1;2*1-2-4-5-3-1/h13-14,21H,3-12H2,1-2H3,(H,24,25)(H2,20,26,27);4*10-11H,4-9H2,1-3H3,(H,19,20)(H2,17,21,22);6H,1-5H2;1-5H;1-5H;1-4H. The largest absolute Gasteiger partial charge is 0.493 e. The Bertz CT molecular complexity index is 5140. The third-order valence-corrected chi connectivity index (χ3v) is 27.6. The topological polar surface area (TPSA) is 596 Å². The van der Waals surface area contributed by atoms with Gasteiger partial charge in [0.1, 0.15) is 24.5 Å². The highest BCUT2D eigenvalue weighted by atomic mass is 32.2. The van der Waals surface area contributed by atoms with Gasteiger partial charge in [-0.05, 0) is 186 Å². The number of pyridine rings is 1. The zero-order valence-corrected chi connectivity index (χ0v) is 92.2. The second kappa shape index (κ2) is 70.8. The fourth-order valence-electron chi connectivity index (χ4n) is 14.7. The van der Waals surface area contributed by atoms with E-state index < -0.39 is 80.0 Å². The third-order valence-electron chi connectivity index (χ3n) is 22.4. The van der Waals surface area contributed by atoms with Crippen molar-refractivity contribution in [2.45, 2.75) is 241 Å². The van der Waals surface area contributed by atoms with E-state index in [4.69, 9.17) is 44.6 Å². The Labute approximate surface area is 869 Å². The number of nitrogens with zero attached hydrogens (tertiary/aromatic N) is 7. The van der Waals surface area contributed by atoms with Gasteiger partial charge in [-0.25, -0.2) is 91.8 Å². The number of rotatable bonds is 50. The van der Waals surface area contributed by atoms with Gasteiger partial charge in [-0.2, -0.15) is 11.3 Å². The monoisotopic (exact) mass is 2160 g/mol. The van der Waals surface area contributed by atoms with Crippen molar-refractivity contribution in [1.29, 1.82) is 0 Å². The number of benzene rings is 5. The minimum absolute atomic E-state index is 0.0593. The Morgan fingerprint density at radius 2 is 0.548 bits per heavy atom. The van der Waals surface area contributed by atoms with Crippen LogP contribution < -0.4 is 84.7 Å². The lowest BCUT2D eigenvalue weighted by molar-refractivity contribution is 0.0685. The Kier molecular flexibility index (Phi) is 63.6. The van der Waals surface area contributed by atoms with E-state index in [9.17, 15) is 91.6 Å². The number of carboxylic acid groups (broad SMARTS) is 5. The number of piperidine rings is 1. The number of carbonyl (C=O) groups is 5. The number of piperazine rings is 1. The molecule has 0 spiro atoms. The van der Waals surface area contributed by atoms with Gasteiger partial charge in [-0.3, -0.25) is 4.98 Å². The summed E-state index contributed by atoms with van der Waals surface area (Å²) in [5.41, 5.74) is 2.38. The maximum absolute atomic E-state index is 12.4. The van der Waals surface area contributed by atoms with Crippen molar-refractivity contribution >= 4 is 125 Å². The average molecular weight is 2160 g/mol. The number of hydrogen-bond donors (Lipinski definition) is 13. The molecule has 0 unspecified atom stereocenters. The number of ether oxygens (including phenoxy) is 4. The summed E-state index contributed by atoms with van der Waals surface area (Å²) in [6.07, 6.45) is 30.2. The highest BCUT2D eigenvalue weighted by molar-refractivity contribution is 7.90. The van der Waals surface area contributed by atoms with Crippen LogP contribution in [0.15, 0.2) is 163 Å². The van der Waals surface area contributed by atoms with Gasteiger partial charge in [0, 0.05) is 116 Å². The lowest BCUT2D eigenvalue weighted by Gasteiger charge is -2.36. The minimum atomic E-state index is -4.11. The molecule has 2 aliphatic rings. The first-order valence-electron chi connectivity index (χ1n) is 49.5. The summed E-state index contributed by atoms with van der Waals surface area (Å²) < 4.78 is 141. The zero-order valence-electron chi connectivity index (χ0n) is 87.3. The van der Waals surface area contributed by atoms with E-state index in [-0.39, 0.29) is 75.3 Å². The molecule has 0 aliphatic carbocycles. The molecular weight excluding hydrogens is 2000 g/mol. The number of aromatic nitrogens is 2. The number of aromatic amines is 1. The van der Waals surface area contributed by atoms with Gasteiger partial charge in [0.2, 0.25) is 50.1 Å². The van der Waals surface area contributed by atoms with Crippen LogP contribution in [0.2, 0.25) is 0 Å². The molecule has 146 heavy (non-hydrogen) atoms. The fourth-order valence-corrected chi connectivity index (χ4v) is 18.9. The summed E-state index contributed by atoms with van der Waals surface area (Å²) in [5, 5.41) is 83.9. The number of H-pyrrole nitrogens is 1. The van der Waals surface area contributed by atoms with Crippen LogP contribution in [0.3, 0.4) is 0 Å². The van der Waals surface area contributed by atoms with Crippen molar-refractivity contribution in [2.24, 2.45) is 25.7 Å². The molecule has 2 aliphatic heterocycles. The number of primary sulfonamides is 5. The highest BCUT2D eigenvalue weighted by Gasteiger charge is 2.33. The number of nitrogens with two attached hydrogens (primary N) is 5. The lowest BCUT2D eigenvalue weighted by atomic mass is 10.1. The molecule has 0 atom stereocenters.